The van der Waals surface area contributed by atoms with Gasteiger partial charge in [-0.25, -0.2) is 4.79 Å². The smallest absolute Gasteiger partial charge is 0.320 e. The summed E-state index contributed by atoms with van der Waals surface area (Å²) in [5.74, 6) is 0. The zero-order chi connectivity index (χ0) is 9.80. The van der Waals surface area contributed by atoms with Crippen molar-refractivity contribution >= 4 is 6.03 Å². The van der Waals surface area contributed by atoms with Crippen LogP contribution in [-0.2, 0) is 4.74 Å². The number of hydrogen-bond donors (Lipinski definition) is 0. The van der Waals surface area contributed by atoms with Gasteiger partial charge in [-0.05, 0) is 19.3 Å². The highest BCUT2D eigenvalue weighted by molar-refractivity contribution is 5.74. The van der Waals surface area contributed by atoms with Crippen molar-refractivity contribution in [3.05, 3.63) is 0 Å². The van der Waals surface area contributed by atoms with Crippen LogP contribution in [0.1, 0.15) is 19.3 Å². The van der Waals surface area contributed by atoms with Crippen molar-refractivity contribution in [1.82, 2.24) is 9.80 Å². The lowest BCUT2D eigenvalue weighted by Gasteiger charge is -2.34. The lowest BCUT2D eigenvalue weighted by atomic mass is 10.1. The Morgan fingerprint density at radius 3 is 2.07 bits per heavy atom. The summed E-state index contributed by atoms with van der Waals surface area (Å²) in [4.78, 5) is 15.8. The maximum atomic E-state index is 11.9. The minimum atomic E-state index is 0.216. The van der Waals surface area contributed by atoms with E-state index in [0.717, 1.165) is 39.0 Å². The summed E-state index contributed by atoms with van der Waals surface area (Å²) in [6.45, 7) is 4.79. The first-order chi connectivity index (χ1) is 6.88. The van der Waals surface area contributed by atoms with Gasteiger partial charge < -0.3 is 14.5 Å². The fraction of sp³-hybridized carbons (Fsp3) is 0.900. The molecule has 2 aliphatic rings. The van der Waals surface area contributed by atoms with Crippen LogP contribution >= 0.6 is 0 Å². The van der Waals surface area contributed by atoms with E-state index in [1.165, 1.54) is 6.42 Å². The molecule has 0 radical (unpaired) electrons. The Morgan fingerprint density at radius 1 is 0.857 bits per heavy atom. The first-order valence-electron chi connectivity index (χ1n) is 5.49. The predicted octanol–water partition coefficient (Wildman–Crippen LogP) is 0.925. The molecule has 0 aliphatic carbocycles. The van der Waals surface area contributed by atoms with Crippen LogP contribution in [0.25, 0.3) is 0 Å². The number of piperidine rings is 1. The summed E-state index contributed by atoms with van der Waals surface area (Å²) in [6, 6.07) is 0.216. The van der Waals surface area contributed by atoms with Crippen molar-refractivity contribution in [1.29, 1.82) is 0 Å². The van der Waals surface area contributed by atoms with Gasteiger partial charge in [0.25, 0.3) is 0 Å². The number of hydrogen-bond acceptors (Lipinski definition) is 2. The molecule has 2 amide bonds. The number of morpholine rings is 1. The lowest BCUT2D eigenvalue weighted by Crippen LogP contribution is -2.49. The molecule has 0 saturated carbocycles. The van der Waals surface area contributed by atoms with E-state index in [0.29, 0.717) is 13.2 Å². The van der Waals surface area contributed by atoms with Gasteiger partial charge in [0.2, 0.25) is 0 Å². The summed E-state index contributed by atoms with van der Waals surface area (Å²) in [6.07, 6.45) is 3.60. The molecule has 2 aliphatic heterocycles. The topological polar surface area (TPSA) is 32.8 Å². The second-order valence-electron chi connectivity index (χ2n) is 3.93. The molecule has 0 unspecified atom stereocenters. The van der Waals surface area contributed by atoms with Gasteiger partial charge in [-0.3, -0.25) is 0 Å². The second-order valence-corrected chi connectivity index (χ2v) is 3.93. The average Bonchev–Trinajstić information content (AvgIpc) is 2.30. The van der Waals surface area contributed by atoms with Gasteiger partial charge in [-0.1, -0.05) is 0 Å². The third-order valence-electron chi connectivity index (χ3n) is 2.91. The number of nitrogens with zero attached hydrogens (tertiary/aromatic N) is 2. The highest BCUT2D eigenvalue weighted by Crippen LogP contribution is 2.11. The molecule has 2 fully saturated rings. The monoisotopic (exact) mass is 198 g/mol. The fourth-order valence-electron chi connectivity index (χ4n) is 2.04. The molecule has 4 nitrogen and oxygen atoms in total. The molecule has 2 saturated heterocycles. The van der Waals surface area contributed by atoms with Gasteiger partial charge in [-0.2, -0.15) is 0 Å². The van der Waals surface area contributed by atoms with Crippen LogP contribution in [0.2, 0.25) is 0 Å². The Bertz CT molecular complexity index is 176. The average molecular weight is 198 g/mol. The highest BCUT2D eigenvalue weighted by Gasteiger charge is 2.23. The molecular weight excluding hydrogens is 180 g/mol. The summed E-state index contributed by atoms with van der Waals surface area (Å²) >= 11 is 0. The van der Waals surface area contributed by atoms with Crippen LogP contribution in [0.5, 0.6) is 0 Å². The van der Waals surface area contributed by atoms with Crippen LogP contribution in [0.3, 0.4) is 0 Å². The predicted molar refractivity (Wildman–Crippen MR) is 53.2 cm³/mol. The van der Waals surface area contributed by atoms with Gasteiger partial charge in [0.1, 0.15) is 0 Å². The van der Waals surface area contributed by atoms with Crippen LogP contribution < -0.4 is 0 Å². The van der Waals surface area contributed by atoms with Crippen molar-refractivity contribution < 1.29 is 9.53 Å². The maximum absolute atomic E-state index is 11.9. The number of carbonyl (C=O) groups is 1. The Balaban J connectivity index is 1.85. The van der Waals surface area contributed by atoms with E-state index in [4.69, 9.17) is 4.74 Å². The highest BCUT2D eigenvalue weighted by atomic mass is 16.5. The van der Waals surface area contributed by atoms with E-state index in [-0.39, 0.29) is 6.03 Å². The number of amides is 2. The van der Waals surface area contributed by atoms with Gasteiger partial charge in [0, 0.05) is 26.2 Å². The van der Waals surface area contributed by atoms with Crippen molar-refractivity contribution in [3.8, 4) is 0 Å². The van der Waals surface area contributed by atoms with Crippen LogP contribution in [0.15, 0.2) is 0 Å². The molecular formula is C10H18N2O2. The second kappa shape index (κ2) is 4.64. The zero-order valence-electron chi connectivity index (χ0n) is 8.57. The van der Waals surface area contributed by atoms with Crippen molar-refractivity contribution in [2.45, 2.75) is 19.3 Å². The SMILES string of the molecule is O=C(N1CCCCC1)N1CCOCC1. The van der Waals surface area contributed by atoms with Gasteiger partial charge >= 0.3 is 6.03 Å². The summed E-state index contributed by atoms with van der Waals surface area (Å²) in [5, 5.41) is 0. The number of carbonyl (C=O) groups excluding carboxylic acids is 1. The number of urea groups is 1. The molecule has 80 valence electrons. The van der Waals surface area contributed by atoms with E-state index < -0.39 is 0 Å². The standard InChI is InChI=1S/C10H18N2O2/c13-10(11-4-2-1-3-5-11)12-6-8-14-9-7-12/h1-9H2. The van der Waals surface area contributed by atoms with Gasteiger partial charge in [-0.15, -0.1) is 0 Å². The van der Waals surface area contributed by atoms with Gasteiger partial charge in [0.05, 0.1) is 13.2 Å². The minimum absolute atomic E-state index is 0.216. The molecule has 14 heavy (non-hydrogen) atoms. The molecule has 2 heterocycles. The molecule has 0 N–H and O–H groups in total. The first kappa shape index (κ1) is 9.77. The third kappa shape index (κ3) is 2.18. The van der Waals surface area contributed by atoms with E-state index in [2.05, 4.69) is 0 Å². The molecule has 2 rings (SSSR count). The third-order valence-corrected chi connectivity index (χ3v) is 2.91. The quantitative estimate of drug-likeness (QED) is 0.580. The van der Waals surface area contributed by atoms with Gasteiger partial charge in [0.15, 0.2) is 0 Å². The van der Waals surface area contributed by atoms with E-state index in [1.807, 2.05) is 9.80 Å². The number of rotatable bonds is 0. The van der Waals surface area contributed by atoms with Crippen LogP contribution in [0, 0.1) is 0 Å². The molecule has 0 aromatic carbocycles. The number of likely N-dealkylation sites (tertiary alicyclic amines) is 1. The van der Waals surface area contributed by atoms with Crippen molar-refractivity contribution in [3.63, 3.8) is 0 Å². The summed E-state index contributed by atoms with van der Waals surface area (Å²) in [7, 11) is 0. The number of ether oxygens (including phenoxy) is 1. The van der Waals surface area contributed by atoms with E-state index in [9.17, 15) is 4.79 Å². The molecule has 0 aromatic rings. The molecule has 0 bridgehead atoms. The largest absolute Gasteiger partial charge is 0.378 e. The molecule has 0 spiro atoms. The molecule has 4 heteroatoms. The summed E-state index contributed by atoms with van der Waals surface area (Å²) < 4.78 is 5.22. The maximum Gasteiger partial charge on any atom is 0.320 e. The Morgan fingerprint density at radius 2 is 1.43 bits per heavy atom. The molecule has 0 aromatic heterocycles. The van der Waals surface area contributed by atoms with E-state index >= 15 is 0 Å². The van der Waals surface area contributed by atoms with Crippen LogP contribution in [-0.4, -0.2) is 55.2 Å². The summed E-state index contributed by atoms with van der Waals surface area (Å²) in [5.41, 5.74) is 0. The van der Waals surface area contributed by atoms with Crippen molar-refractivity contribution in [2.75, 3.05) is 39.4 Å². The fourth-order valence-corrected chi connectivity index (χ4v) is 2.04. The Hall–Kier alpha value is -0.770. The normalized spacial score (nSPS) is 23.7. The minimum Gasteiger partial charge on any atom is -0.378 e. The van der Waals surface area contributed by atoms with Crippen molar-refractivity contribution in [2.24, 2.45) is 0 Å². The van der Waals surface area contributed by atoms with Crippen LogP contribution in [0.4, 0.5) is 4.79 Å². The lowest BCUT2D eigenvalue weighted by molar-refractivity contribution is 0.0417. The first-order valence-corrected chi connectivity index (χ1v) is 5.49. The molecule has 0 atom stereocenters. The Kier molecular flexibility index (Phi) is 3.24. The zero-order valence-corrected chi connectivity index (χ0v) is 8.57. The van der Waals surface area contributed by atoms with E-state index in [1.54, 1.807) is 0 Å². The Labute approximate surface area is 84.8 Å².